The molecular formula is C33H33FN2O5. The first kappa shape index (κ1) is 26.9. The number of esters is 1. The second kappa shape index (κ2) is 10.9. The highest BCUT2D eigenvalue weighted by Gasteiger charge is 2.32. The summed E-state index contributed by atoms with van der Waals surface area (Å²) >= 11 is 0. The van der Waals surface area contributed by atoms with E-state index < -0.39 is 6.10 Å². The highest BCUT2D eigenvalue weighted by atomic mass is 19.1. The molecule has 0 fully saturated rings. The van der Waals surface area contributed by atoms with E-state index in [9.17, 15) is 4.79 Å². The van der Waals surface area contributed by atoms with Crippen molar-refractivity contribution in [1.82, 2.24) is 9.78 Å². The summed E-state index contributed by atoms with van der Waals surface area (Å²) in [6, 6.07) is 15.1. The first-order valence-electron chi connectivity index (χ1n) is 13.8. The van der Waals surface area contributed by atoms with Gasteiger partial charge < -0.3 is 18.9 Å². The van der Waals surface area contributed by atoms with E-state index in [0.717, 1.165) is 44.8 Å². The van der Waals surface area contributed by atoms with E-state index in [1.54, 1.807) is 16.9 Å². The van der Waals surface area contributed by atoms with Gasteiger partial charge in [0.25, 0.3) is 0 Å². The van der Waals surface area contributed by atoms with Gasteiger partial charge in [0.2, 0.25) is 0 Å². The minimum Gasteiger partial charge on any atom is -0.492 e. The van der Waals surface area contributed by atoms with Crippen molar-refractivity contribution in [1.29, 1.82) is 0 Å². The smallest absolute Gasteiger partial charge is 0.306 e. The minimum absolute atomic E-state index is 0.0443. The van der Waals surface area contributed by atoms with E-state index in [-0.39, 0.29) is 24.1 Å². The fourth-order valence-corrected chi connectivity index (χ4v) is 6.11. The molecule has 1 aliphatic heterocycles. The molecule has 2 aliphatic rings. The quantitative estimate of drug-likeness (QED) is 0.230. The molecular weight excluding hydrogens is 523 g/mol. The second-order valence-corrected chi connectivity index (χ2v) is 10.8. The number of aromatic nitrogens is 2. The lowest BCUT2D eigenvalue weighted by Gasteiger charge is -2.19. The van der Waals surface area contributed by atoms with Crippen molar-refractivity contribution in [2.45, 2.75) is 51.7 Å². The molecule has 212 valence electrons. The topological polar surface area (TPSA) is 71.8 Å². The van der Waals surface area contributed by atoms with Crippen molar-refractivity contribution in [2.75, 3.05) is 13.7 Å². The maximum Gasteiger partial charge on any atom is 0.306 e. The molecule has 41 heavy (non-hydrogen) atoms. The molecule has 0 bridgehead atoms. The van der Waals surface area contributed by atoms with Crippen molar-refractivity contribution in [3.05, 3.63) is 94.1 Å². The zero-order valence-electron chi connectivity index (χ0n) is 23.7. The summed E-state index contributed by atoms with van der Waals surface area (Å²) in [5, 5.41) is 4.20. The molecule has 6 rings (SSSR count). The Hall–Kier alpha value is -4.33. The average Bonchev–Trinajstić information content (AvgIpc) is 3.67. The van der Waals surface area contributed by atoms with Crippen molar-refractivity contribution >= 4 is 5.97 Å². The van der Waals surface area contributed by atoms with Gasteiger partial charge in [0, 0.05) is 36.4 Å². The largest absolute Gasteiger partial charge is 0.492 e. The fourth-order valence-electron chi connectivity index (χ4n) is 6.11. The lowest BCUT2D eigenvalue weighted by atomic mass is 9.90. The standard InChI is InChI=1S/C33H33FN2O5/c1-19-13-24(39-18-22-11-12-35-36(22)3)14-20(2)32(19)26-7-9-28(34)33-27(26)8-10-29(33)41-23-5-6-25-21(15-31(37)38-4)17-40-30(25)16-23/h5-7,9,11-14,16,21,29H,8,10,15,17-18H2,1-4H3/t21?,29-/m1/s1. The summed E-state index contributed by atoms with van der Waals surface area (Å²) in [5.74, 6) is 1.54. The predicted molar refractivity (Wildman–Crippen MR) is 152 cm³/mol. The third kappa shape index (κ3) is 5.14. The summed E-state index contributed by atoms with van der Waals surface area (Å²) in [6.45, 7) is 4.98. The number of hydrogen-bond acceptors (Lipinski definition) is 6. The van der Waals surface area contributed by atoms with Crippen LogP contribution >= 0.6 is 0 Å². The van der Waals surface area contributed by atoms with Crippen LogP contribution in [0.1, 0.15) is 58.4 Å². The fraction of sp³-hybridized carbons (Fsp3) is 0.333. The van der Waals surface area contributed by atoms with Crippen LogP contribution in [0.4, 0.5) is 4.39 Å². The van der Waals surface area contributed by atoms with Gasteiger partial charge in [-0.15, -0.1) is 0 Å². The van der Waals surface area contributed by atoms with Crippen molar-refractivity contribution < 1.29 is 28.1 Å². The zero-order valence-corrected chi connectivity index (χ0v) is 23.7. The van der Waals surface area contributed by atoms with Gasteiger partial charge in [0.1, 0.15) is 35.8 Å². The van der Waals surface area contributed by atoms with Gasteiger partial charge in [-0.3, -0.25) is 9.48 Å². The Morgan fingerprint density at radius 2 is 1.90 bits per heavy atom. The van der Waals surface area contributed by atoms with Gasteiger partial charge >= 0.3 is 5.97 Å². The number of rotatable bonds is 8. The number of hydrogen-bond donors (Lipinski definition) is 0. The molecule has 7 nitrogen and oxygen atoms in total. The second-order valence-electron chi connectivity index (χ2n) is 10.8. The van der Waals surface area contributed by atoms with Crippen molar-refractivity contribution in [2.24, 2.45) is 7.05 Å². The van der Waals surface area contributed by atoms with Crippen molar-refractivity contribution in [3.63, 3.8) is 0 Å². The Morgan fingerprint density at radius 3 is 2.63 bits per heavy atom. The van der Waals surface area contributed by atoms with Crippen LogP contribution in [0.5, 0.6) is 17.2 Å². The number of ether oxygens (including phenoxy) is 4. The normalized spacial score (nSPS) is 17.1. The highest BCUT2D eigenvalue weighted by molar-refractivity contribution is 5.76. The molecule has 3 aromatic carbocycles. The third-order valence-corrected chi connectivity index (χ3v) is 8.15. The molecule has 0 N–H and O–H groups in total. The Balaban J connectivity index is 1.24. The van der Waals surface area contributed by atoms with E-state index in [4.69, 9.17) is 18.9 Å². The molecule has 4 aromatic rings. The lowest BCUT2D eigenvalue weighted by Crippen LogP contribution is -2.09. The van der Waals surface area contributed by atoms with Gasteiger partial charge in [-0.2, -0.15) is 5.10 Å². The molecule has 0 saturated heterocycles. The zero-order chi connectivity index (χ0) is 28.7. The number of methoxy groups -OCH3 is 1. The van der Waals surface area contributed by atoms with Crippen molar-refractivity contribution in [3.8, 4) is 28.4 Å². The van der Waals surface area contributed by atoms with E-state index in [0.29, 0.717) is 43.1 Å². The van der Waals surface area contributed by atoms with Crippen LogP contribution in [0.15, 0.2) is 54.7 Å². The van der Waals surface area contributed by atoms with Gasteiger partial charge in [-0.25, -0.2) is 4.39 Å². The Kier molecular flexibility index (Phi) is 7.15. The molecule has 8 heteroatoms. The first-order valence-corrected chi connectivity index (χ1v) is 13.8. The summed E-state index contributed by atoms with van der Waals surface area (Å²) < 4.78 is 40.2. The molecule has 2 heterocycles. The summed E-state index contributed by atoms with van der Waals surface area (Å²) in [7, 11) is 3.28. The van der Waals surface area contributed by atoms with Crippen LogP contribution in [0.2, 0.25) is 0 Å². The number of halogens is 1. The van der Waals surface area contributed by atoms with Crippen LogP contribution in [0, 0.1) is 19.7 Å². The van der Waals surface area contributed by atoms with Gasteiger partial charge in [0.05, 0.1) is 25.8 Å². The van der Waals surface area contributed by atoms with Gasteiger partial charge in [-0.1, -0.05) is 12.1 Å². The van der Waals surface area contributed by atoms with E-state index in [2.05, 4.69) is 18.9 Å². The molecule has 1 aliphatic carbocycles. The molecule has 0 spiro atoms. The molecule has 0 amide bonds. The molecule has 1 unspecified atom stereocenters. The van der Waals surface area contributed by atoms with Crippen LogP contribution in [0.25, 0.3) is 11.1 Å². The van der Waals surface area contributed by atoms with Gasteiger partial charge in [-0.05, 0) is 84.8 Å². The number of fused-ring (bicyclic) bond motifs is 2. The maximum atomic E-state index is 15.3. The summed E-state index contributed by atoms with van der Waals surface area (Å²) in [6.07, 6.45) is 3.01. The van der Waals surface area contributed by atoms with Gasteiger partial charge in [0.15, 0.2) is 0 Å². The Bertz CT molecular complexity index is 1610. The third-order valence-electron chi connectivity index (χ3n) is 8.15. The highest BCUT2D eigenvalue weighted by Crippen LogP contribution is 2.45. The van der Waals surface area contributed by atoms with E-state index >= 15 is 4.39 Å². The molecule has 1 aromatic heterocycles. The Labute approximate surface area is 238 Å². The summed E-state index contributed by atoms with van der Waals surface area (Å²) in [5.41, 5.74) is 7.81. The van der Waals surface area contributed by atoms with Crippen LogP contribution in [-0.4, -0.2) is 29.5 Å². The van der Waals surface area contributed by atoms with Crippen LogP contribution in [-0.2, 0) is 29.6 Å². The van der Waals surface area contributed by atoms with E-state index in [1.807, 2.05) is 49.5 Å². The number of carbonyl (C=O) groups excluding carboxylic acids is 1. The number of benzene rings is 3. The number of carbonyl (C=O) groups is 1. The Morgan fingerprint density at radius 1 is 1.10 bits per heavy atom. The molecule has 0 radical (unpaired) electrons. The van der Waals surface area contributed by atoms with E-state index in [1.165, 1.54) is 7.11 Å². The number of nitrogens with zero attached hydrogens (tertiary/aromatic N) is 2. The average molecular weight is 557 g/mol. The maximum absolute atomic E-state index is 15.3. The minimum atomic E-state index is -0.405. The monoisotopic (exact) mass is 556 g/mol. The van der Waals surface area contributed by atoms with Crippen LogP contribution in [0.3, 0.4) is 0 Å². The first-order chi connectivity index (χ1) is 19.8. The lowest BCUT2D eigenvalue weighted by molar-refractivity contribution is -0.141. The summed E-state index contributed by atoms with van der Waals surface area (Å²) in [4.78, 5) is 11.7. The predicted octanol–water partition coefficient (Wildman–Crippen LogP) is 6.53. The SMILES string of the molecule is COC(=O)CC1COc2cc(O[C@@H]3CCc4c(-c5c(C)cc(OCc6ccnn6C)cc5C)ccc(F)c43)ccc21. The molecule has 0 saturated carbocycles. The molecule has 2 atom stereocenters. The number of aryl methyl sites for hydroxylation is 3. The van der Waals surface area contributed by atoms with Crippen LogP contribution < -0.4 is 14.2 Å².